The predicted octanol–water partition coefficient (Wildman–Crippen LogP) is 5.33. The number of rotatable bonds is 10. The fraction of sp³-hybridized carbons (Fsp3) is 0.364. The monoisotopic (exact) mass is 483 g/mol. The molecule has 0 unspecified atom stereocenters. The molecule has 0 aliphatic heterocycles. The number of fused-ring (bicyclic) bond motifs is 1. The Kier molecular flexibility index (Phi) is 10.0. The zero-order valence-electron chi connectivity index (χ0n) is 17.8. The second-order valence-corrected chi connectivity index (χ2v) is 9.24. The van der Waals surface area contributed by atoms with E-state index >= 15 is 0 Å². The van der Waals surface area contributed by atoms with Gasteiger partial charge in [-0.2, -0.15) is 0 Å². The van der Waals surface area contributed by atoms with Gasteiger partial charge in [0.05, 0.1) is 11.8 Å². The summed E-state index contributed by atoms with van der Waals surface area (Å²) in [7, 11) is 5.65. The molecule has 3 rings (SSSR count). The summed E-state index contributed by atoms with van der Waals surface area (Å²) in [6, 6.07) is 12.7. The molecule has 0 bridgehead atoms. The molecule has 0 atom stereocenters. The Hall–Kier alpha value is -1.87. The number of thioether (sulfide) groups is 1. The summed E-state index contributed by atoms with van der Waals surface area (Å²) in [5.74, 6) is 1.12. The number of carbonyl (C=O) groups is 1. The Balaban J connectivity index is 0.00000341. The number of ether oxygens (including phenoxy) is 1. The first-order chi connectivity index (χ1) is 14.5. The lowest BCUT2D eigenvalue weighted by Crippen LogP contribution is -2.33. The van der Waals surface area contributed by atoms with Gasteiger partial charge in [-0.1, -0.05) is 17.4 Å². The molecule has 31 heavy (non-hydrogen) atoms. The van der Waals surface area contributed by atoms with Crippen LogP contribution >= 0.6 is 35.5 Å². The van der Waals surface area contributed by atoms with Gasteiger partial charge in [-0.05, 0) is 63.5 Å². The van der Waals surface area contributed by atoms with Crippen molar-refractivity contribution in [3.8, 4) is 5.75 Å². The van der Waals surface area contributed by atoms with Crippen LogP contribution in [0.4, 0.5) is 9.52 Å². The van der Waals surface area contributed by atoms with Crippen LogP contribution in [0.3, 0.4) is 0 Å². The summed E-state index contributed by atoms with van der Waals surface area (Å²) < 4.78 is 20.0. The molecule has 0 saturated heterocycles. The molecule has 1 heterocycles. The van der Waals surface area contributed by atoms with Gasteiger partial charge in [0.2, 0.25) is 5.91 Å². The highest BCUT2D eigenvalue weighted by molar-refractivity contribution is 7.99. The third-order valence-corrected chi connectivity index (χ3v) is 6.58. The van der Waals surface area contributed by atoms with E-state index < -0.39 is 0 Å². The quantitative estimate of drug-likeness (QED) is 0.364. The predicted molar refractivity (Wildman–Crippen MR) is 131 cm³/mol. The minimum absolute atomic E-state index is 0. The number of nitrogens with zero attached hydrogens (tertiary/aromatic N) is 3. The summed E-state index contributed by atoms with van der Waals surface area (Å²) in [6.45, 7) is 1.43. The fourth-order valence-corrected chi connectivity index (χ4v) is 4.82. The van der Waals surface area contributed by atoms with Gasteiger partial charge in [0.15, 0.2) is 5.13 Å². The van der Waals surface area contributed by atoms with Crippen molar-refractivity contribution in [1.29, 1.82) is 0 Å². The molecule has 168 valence electrons. The number of thiazole rings is 1. The van der Waals surface area contributed by atoms with Gasteiger partial charge >= 0.3 is 0 Å². The number of para-hydroxylation sites is 1. The van der Waals surface area contributed by atoms with Gasteiger partial charge in [-0.3, -0.25) is 9.69 Å². The molecule has 0 aliphatic rings. The van der Waals surface area contributed by atoms with Gasteiger partial charge in [0.25, 0.3) is 0 Å². The van der Waals surface area contributed by atoms with Crippen molar-refractivity contribution in [3.05, 3.63) is 48.3 Å². The normalized spacial score (nSPS) is 10.9. The number of carbonyl (C=O) groups excluding carboxylic acids is 1. The minimum Gasteiger partial charge on any atom is -0.497 e. The van der Waals surface area contributed by atoms with Crippen molar-refractivity contribution in [2.75, 3.05) is 44.9 Å². The van der Waals surface area contributed by atoms with E-state index in [1.54, 1.807) is 29.8 Å². The van der Waals surface area contributed by atoms with Crippen LogP contribution < -0.4 is 9.64 Å². The van der Waals surface area contributed by atoms with E-state index in [2.05, 4.69) is 9.88 Å². The Bertz CT molecular complexity index is 983. The van der Waals surface area contributed by atoms with Crippen LogP contribution in [0, 0.1) is 5.82 Å². The van der Waals surface area contributed by atoms with E-state index in [-0.39, 0.29) is 24.1 Å². The zero-order chi connectivity index (χ0) is 21.5. The lowest BCUT2D eigenvalue weighted by atomic mass is 10.3. The van der Waals surface area contributed by atoms with E-state index in [4.69, 9.17) is 4.74 Å². The SMILES string of the molecule is COc1ccc(SCCC(=O)N(CCCN(C)C)c2nc3c(F)cccc3s2)cc1.Cl. The molecule has 9 heteroatoms. The van der Waals surface area contributed by atoms with Crippen molar-refractivity contribution in [2.24, 2.45) is 0 Å². The molecule has 0 aliphatic carbocycles. The van der Waals surface area contributed by atoms with E-state index in [9.17, 15) is 9.18 Å². The van der Waals surface area contributed by atoms with Gasteiger partial charge in [-0.15, -0.1) is 24.2 Å². The van der Waals surface area contributed by atoms with E-state index in [0.717, 1.165) is 28.3 Å². The molecule has 5 nitrogen and oxygen atoms in total. The highest BCUT2D eigenvalue weighted by Gasteiger charge is 2.20. The summed E-state index contributed by atoms with van der Waals surface area (Å²) in [4.78, 5) is 22.3. The number of amides is 1. The first-order valence-corrected chi connectivity index (χ1v) is 11.5. The summed E-state index contributed by atoms with van der Waals surface area (Å²) >= 11 is 2.99. The maximum absolute atomic E-state index is 14.1. The van der Waals surface area contributed by atoms with Crippen LogP contribution in [0.5, 0.6) is 5.75 Å². The molecule has 2 aromatic carbocycles. The van der Waals surface area contributed by atoms with Crippen LogP contribution in [0.25, 0.3) is 10.2 Å². The van der Waals surface area contributed by atoms with E-state index in [1.165, 1.54) is 17.4 Å². The Labute approximate surface area is 197 Å². The second-order valence-electron chi connectivity index (χ2n) is 7.06. The average Bonchev–Trinajstić information content (AvgIpc) is 3.16. The second kappa shape index (κ2) is 12.2. The minimum atomic E-state index is -0.356. The van der Waals surface area contributed by atoms with Crippen LogP contribution in [0.2, 0.25) is 0 Å². The topological polar surface area (TPSA) is 45.7 Å². The third-order valence-electron chi connectivity index (χ3n) is 4.52. The molecule has 3 aromatic rings. The third kappa shape index (κ3) is 7.07. The summed E-state index contributed by atoms with van der Waals surface area (Å²) in [5, 5.41) is 0.563. The average molecular weight is 484 g/mol. The highest BCUT2D eigenvalue weighted by Crippen LogP contribution is 2.31. The molecule has 1 aromatic heterocycles. The summed E-state index contributed by atoms with van der Waals surface area (Å²) in [6.07, 6.45) is 1.21. The zero-order valence-corrected chi connectivity index (χ0v) is 20.3. The van der Waals surface area contributed by atoms with Gasteiger partial charge in [0, 0.05) is 23.6 Å². The molecule has 0 N–H and O–H groups in total. The van der Waals surface area contributed by atoms with Crippen molar-refractivity contribution in [3.63, 3.8) is 0 Å². The van der Waals surface area contributed by atoms with Gasteiger partial charge < -0.3 is 9.64 Å². The van der Waals surface area contributed by atoms with E-state index in [1.807, 2.05) is 44.4 Å². The molecular formula is C22H27ClFN3O2S2. The summed E-state index contributed by atoms with van der Waals surface area (Å²) in [5.41, 5.74) is 0.329. The number of benzene rings is 2. The van der Waals surface area contributed by atoms with Crippen LogP contribution in [0.15, 0.2) is 47.4 Å². The first kappa shape index (κ1) is 25.4. The van der Waals surface area contributed by atoms with Gasteiger partial charge in [-0.25, -0.2) is 9.37 Å². The number of hydrogen-bond donors (Lipinski definition) is 0. The Morgan fingerprint density at radius 1 is 1.16 bits per heavy atom. The fourth-order valence-electron chi connectivity index (χ4n) is 2.95. The van der Waals surface area contributed by atoms with Gasteiger partial charge in [0.1, 0.15) is 17.1 Å². The van der Waals surface area contributed by atoms with Crippen LogP contribution in [0.1, 0.15) is 12.8 Å². The Morgan fingerprint density at radius 3 is 2.55 bits per heavy atom. The lowest BCUT2D eigenvalue weighted by Gasteiger charge is -2.21. The van der Waals surface area contributed by atoms with Crippen molar-refractivity contribution in [1.82, 2.24) is 9.88 Å². The highest BCUT2D eigenvalue weighted by atomic mass is 35.5. The van der Waals surface area contributed by atoms with Crippen LogP contribution in [-0.4, -0.2) is 55.8 Å². The van der Waals surface area contributed by atoms with E-state index in [0.29, 0.717) is 29.4 Å². The van der Waals surface area contributed by atoms with Crippen molar-refractivity contribution < 1.29 is 13.9 Å². The number of methoxy groups -OCH3 is 1. The molecule has 0 saturated carbocycles. The van der Waals surface area contributed by atoms with Crippen molar-refractivity contribution >= 4 is 56.8 Å². The largest absolute Gasteiger partial charge is 0.497 e. The van der Waals surface area contributed by atoms with Crippen LogP contribution in [-0.2, 0) is 4.79 Å². The molecule has 0 spiro atoms. The molecule has 0 radical (unpaired) electrons. The number of anilines is 1. The maximum Gasteiger partial charge on any atom is 0.229 e. The number of aromatic nitrogens is 1. The molecule has 0 fully saturated rings. The smallest absolute Gasteiger partial charge is 0.229 e. The maximum atomic E-state index is 14.1. The number of hydrogen-bond acceptors (Lipinski definition) is 6. The first-order valence-electron chi connectivity index (χ1n) is 9.75. The Morgan fingerprint density at radius 2 is 1.90 bits per heavy atom. The molecular weight excluding hydrogens is 457 g/mol. The number of halogens is 2. The molecule has 1 amide bonds. The lowest BCUT2D eigenvalue weighted by molar-refractivity contribution is -0.118. The van der Waals surface area contributed by atoms with Crippen molar-refractivity contribution in [2.45, 2.75) is 17.7 Å². The standard InChI is InChI=1S/C22H26FN3O2S2.ClH/c1-25(2)13-5-14-26(22-24-21-18(23)6-4-7-19(21)30-22)20(27)12-15-29-17-10-8-16(28-3)9-11-17;/h4,6-11H,5,12-15H2,1-3H3;1H.